The number of nitrogens with one attached hydrogen (secondary N) is 1. The Kier molecular flexibility index (Phi) is 8.86. The molecule has 2 heterocycles. The molecule has 0 bridgehead atoms. The summed E-state index contributed by atoms with van der Waals surface area (Å²) in [5.74, 6) is -0.437. The van der Waals surface area contributed by atoms with Gasteiger partial charge in [0.15, 0.2) is 0 Å². The predicted molar refractivity (Wildman–Crippen MR) is 136 cm³/mol. The molecule has 0 aliphatic carbocycles. The monoisotopic (exact) mass is 588 g/mol. The SMILES string of the molecule is Cc1cc(F)ccc1[C@H]1C[C@H](N2CCN(C)C(=O)C2)CCN1C(=O)NCCc1cc(C(F)(F)F)cc(C(F)(F)F)c1. The summed E-state index contributed by atoms with van der Waals surface area (Å²) >= 11 is 0. The van der Waals surface area contributed by atoms with Crippen molar-refractivity contribution in [1.29, 1.82) is 0 Å². The van der Waals surface area contributed by atoms with Gasteiger partial charge in [-0.15, -0.1) is 0 Å². The minimum Gasteiger partial charge on any atom is -0.343 e. The average molecular weight is 589 g/mol. The Morgan fingerprint density at radius 1 is 0.976 bits per heavy atom. The maximum absolute atomic E-state index is 13.9. The lowest BCUT2D eigenvalue weighted by Crippen LogP contribution is -2.56. The van der Waals surface area contributed by atoms with Crippen molar-refractivity contribution in [3.8, 4) is 0 Å². The Morgan fingerprint density at radius 3 is 2.22 bits per heavy atom. The smallest absolute Gasteiger partial charge is 0.343 e. The molecule has 224 valence electrons. The summed E-state index contributed by atoms with van der Waals surface area (Å²) in [6, 6.07) is 4.60. The normalized spacial score (nSPS) is 20.9. The first-order valence-electron chi connectivity index (χ1n) is 13.2. The Hall–Kier alpha value is -3.35. The number of piperazine rings is 1. The second-order valence-electron chi connectivity index (χ2n) is 10.6. The van der Waals surface area contributed by atoms with E-state index in [0.29, 0.717) is 50.2 Å². The number of alkyl halides is 6. The summed E-state index contributed by atoms with van der Waals surface area (Å²) < 4.78 is 93.1. The highest BCUT2D eigenvalue weighted by molar-refractivity contribution is 5.78. The molecule has 13 heteroatoms. The van der Waals surface area contributed by atoms with E-state index in [2.05, 4.69) is 10.2 Å². The van der Waals surface area contributed by atoms with Crippen LogP contribution in [0.25, 0.3) is 0 Å². The summed E-state index contributed by atoms with van der Waals surface area (Å²) in [5, 5.41) is 2.63. The molecule has 2 atom stereocenters. The van der Waals surface area contributed by atoms with Crippen molar-refractivity contribution in [1.82, 2.24) is 20.0 Å². The van der Waals surface area contributed by atoms with E-state index in [0.717, 1.165) is 5.56 Å². The second-order valence-corrected chi connectivity index (χ2v) is 10.6. The van der Waals surface area contributed by atoms with E-state index in [4.69, 9.17) is 0 Å². The fourth-order valence-electron chi connectivity index (χ4n) is 5.50. The molecule has 2 aromatic rings. The highest BCUT2D eigenvalue weighted by atomic mass is 19.4. The summed E-state index contributed by atoms with van der Waals surface area (Å²) in [7, 11) is 1.74. The molecule has 1 N–H and O–H groups in total. The Bertz CT molecular complexity index is 1250. The maximum Gasteiger partial charge on any atom is 0.416 e. The largest absolute Gasteiger partial charge is 0.416 e. The lowest BCUT2D eigenvalue weighted by Gasteiger charge is -2.45. The van der Waals surface area contributed by atoms with Gasteiger partial charge in [-0.1, -0.05) is 6.07 Å². The first kappa shape index (κ1) is 30.6. The number of halogens is 7. The lowest BCUT2D eigenvalue weighted by atomic mass is 9.88. The molecule has 4 rings (SSSR count). The van der Waals surface area contributed by atoms with Crippen molar-refractivity contribution in [2.75, 3.05) is 39.8 Å². The number of benzene rings is 2. The maximum atomic E-state index is 13.9. The van der Waals surface area contributed by atoms with Crippen molar-refractivity contribution in [3.05, 3.63) is 70.0 Å². The van der Waals surface area contributed by atoms with Crippen molar-refractivity contribution in [3.63, 3.8) is 0 Å². The van der Waals surface area contributed by atoms with Crippen LogP contribution in [0.15, 0.2) is 36.4 Å². The average Bonchev–Trinajstić information content (AvgIpc) is 2.89. The van der Waals surface area contributed by atoms with Crippen LogP contribution in [0.2, 0.25) is 0 Å². The van der Waals surface area contributed by atoms with Gasteiger partial charge in [-0.25, -0.2) is 9.18 Å². The zero-order valence-corrected chi connectivity index (χ0v) is 22.6. The van der Waals surface area contributed by atoms with E-state index in [9.17, 15) is 40.3 Å². The number of aryl methyl sites for hydroxylation is 1. The van der Waals surface area contributed by atoms with E-state index in [1.54, 1.807) is 29.8 Å². The van der Waals surface area contributed by atoms with Crippen LogP contribution in [0, 0.1) is 12.7 Å². The Morgan fingerprint density at radius 2 is 1.63 bits per heavy atom. The summed E-state index contributed by atoms with van der Waals surface area (Å²) in [6.07, 6.45) is -9.14. The van der Waals surface area contributed by atoms with Gasteiger partial charge in [0.25, 0.3) is 0 Å². The fourth-order valence-corrected chi connectivity index (χ4v) is 5.50. The molecular weight excluding hydrogens is 557 g/mol. The second kappa shape index (κ2) is 11.9. The van der Waals surface area contributed by atoms with Gasteiger partial charge in [-0.3, -0.25) is 9.69 Å². The third-order valence-corrected chi connectivity index (χ3v) is 7.77. The zero-order valence-electron chi connectivity index (χ0n) is 22.6. The number of urea groups is 1. The molecule has 0 aromatic heterocycles. The van der Waals surface area contributed by atoms with E-state index >= 15 is 0 Å². The van der Waals surface area contributed by atoms with Gasteiger partial charge in [0.05, 0.1) is 23.7 Å². The Balaban J connectivity index is 1.49. The van der Waals surface area contributed by atoms with Crippen molar-refractivity contribution in [2.24, 2.45) is 0 Å². The van der Waals surface area contributed by atoms with Crippen molar-refractivity contribution in [2.45, 2.75) is 50.6 Å². The molecule has 0 unspecified atom stereocenters. The van der Waals surface area contributed by atoms with Crippen LogP contribution in [0.5, 0.6) is 0 Å². The molecule has 0 saturated carbocycles. The van der Waals surface area contributed by atoms with Crippen molar-refractivity contribution < 1.29 is 40.3 Å². The number of carbonyl (C=O) groups excluding carboxylic acids is 2. The topological polar surface area (TPSA) is 55.9 Å². The van der Waals surface area contributed by atoms with Gasteiger partial charge < -0.3 is 15.1 Å². The molecular formula is C28H31F7N4O2. The first-order chi connectivity index (χ1) is 19.1. The third-order valence-electron chi connectivity index (χ3n) is 7.77. The molecule has 41 heavy (non-hydrogen) atoms. The number of carbonyl (C=O) groups is 2. The van der Waals surface area contributed by atoms with Crippen molar-refractivity contribution >= 4 is 11.9 Å². The van der Waals surface area contributed by atoms with Crippen LogP contribution < -0.4 is 5.32 Å². The molecule has 0 spiro atoms. The van der Waals surface area contributed by atoms with Crippen LogP contribution in [-0.2, 0) is 23.6 Å². The molecule has 2 aliphatic heterocycles. The summed E-state index contributed by atoms with van der Waals surface area (Å²) in [4.78, 5) is 30.9. The molecule has 0 radical (unpaired) electrons. The van der Waals surface area contributed by atoms with Crippen LogP contribution >= 0.6 is 0 Å². The standard InChI is InChI=1S/C28H31F7N4O2/c1-17-11-21(29)3-4-23(17)24-15-22(38-10-9-37(2)25(40)16-38)6-8-39(24)26(41)36-7-5-18-12-19(27(30,31)32)14-20(13-18)28(33,34)35/h3-4,11-14,22,24H,5-10,15-16H2,1-2H3,(H,36,41)/t22-,24-/m1/s1. The lowest BCUT2D eigenvalue weighted by molar-refractivity contribution is -0.143. The minimum absolute atomic E-state index is 0.00536. The number of rotatable bonds is 5. The third kappa shape index (κ3) is 7.30. The first-order valence-corrected chi connectivity index (χ1v) is 13.2. The number of likely N-dealkylation sites (N-methyl/N-ethyl adjacent to an activating group) is 1. The fraction of sp³-hybridized carbons (Fsp3) is 0.500. The van der Waals surface area contributed by atoms with Crippen LogP contribution in [0.1, 0.15) is 46.7 Å². The number of likely N-dealkylation sites (tertiary alicyclic amines) is 1. The number of piperidine rings is 1. The van der Waals surface area contributed by atoms with Crippen LogP contribution in [0.4, 0.5) is 35.5 Å². The number of hydrogen-bond acceptors (Lipinski definition) is 3. The summed E-state index contributed by atoms with van der Waals surface area (Å²) in [5.41, 5.74) is -1.68. The highest BCUT2D eigenvalue weighted by Crippen LogP contribution is 2.37. The number of amides is 3. The van der Waals surface area contributed by atoms with Gasteiger partial charge in [0.2, 0.25) is 5.91 Å². The molecule has 6 nitrogen and oxygen atoms in total. The Labute approximate surface area is 233 Å². The molecule has 2 aromatic carbocycles. The van der Waals surface area contributed by atoms with E-state index in [1.807, 2.05) is 0 Å². The van der Waals surface area contributed by atoms with Gasteiger partial charge >= 0.3 is 18.4 Å². The molecule has 3 amide bonds. The summed E-state index contributed by atoms with van der Waals surface area (Å²) in [6.45, 7) is 3.32. The molecule has 2 saturated heterocycles. The quantitative estimate of drug-likeness (QED) is 0.476. The number of nitrogens with zero attached hydrogens (tertiary/aromatic N) is 3. The predicted octanol–water partition coefficient (Wildman–Crippen LogP) is 5.40. The van der Waals surface area contributed by atoms with E-state index in [1.165, 1.54) is 12.1 Å². The minimum atomic E-state index is -4.96. The van der Waals surface area contributed by atoms with Crippen LogP contribution in [-0.4, -0.2) is 72.5 Å². The van der Waals surface area contributed by atoms with Gasteiger partial charge in [-0.05, 0) is 73.2 Å². The van der Waals surface area contributed by atoms with E-state index in [-0.39, 0.29) is 43.1 Å². The van der Waals surface area contributed by atoms with Gasteiger partial charge in [-0.2, -0.15) is 26.3 Å². The molecule has 2 fully saturated rings. The number of hydrogen-bond donors (Lipinski definition) is 1. The van der Waals surface area contributed by atoms with E-state index < -0.39 is 41.4 Å². The van der Waals surface area contributed by atoms with Gasteiger partial charge in [0.1, 0.15) is 5.82 Å². The van der Waals surface area contributed by atoms with Crippen LogP contribution in [0.3, 0.4) is 0 Å². The highest BCUT2D eigenvalue weighted by Gasteiger charge is 2.39. The molecule has 2 aliphatic rings. The zero-order chi connectivity index (χ0) is 30.1. The van der Waals surface area contributed by atoms with Gasteiger partial charge in [0, 0.05) is 39.3 Å².